The molecule has 0 saturated heterocycles. The van der Waals surface area contributed by atoms with Gasteiger partial charge in [-0.25, -0.2) is 5.43 Å². The summed E-state index contributed by atoms with van der Waals surface area (Å²) in [5.41, 5.74) is 3.85. The average Bonchev–Trinajstić information content (AvgIpc) is 3.48. The fraction of sp³-hybridized carbons (Fsp3) is 0.273. The largest absolute Gasteiger partial charge is 0.481 e. The molecule has 0 spiro atoms. The number of hydrogen-bond donors (Lipinski definition) is 3. The Kier molecular flexibility index (Phi) is 6.22. The summed E-state index contributed by atoms with van der Waals surface area (Å²) in [6.07, 6.45) is 4.24. The number of benzene rings is 1. The monoisotopic (exact) mass is 455 g/mol. The third-order valence-electron chi connectivity index (χ3n) is 5.32. The lowest BCUT2D eigenvalue weighted by Crippen LogP contribution is -2.35. The molecule has 0 bridgehead atoms. The Balaban J connectivity index is 1.59. The van der Waals surface area contributed by atoms with Crippen LogP contribution in [0.2, 0.25) is 0 Å². The fourth-order valence-electron chi connectivity index (χ4n) is 3.60. The lowest BCUT2D eigenvalue weighted by atomic mass is 9.82. The van der Waals surface area contributed by atoms with Crippen LogP contribution < -0.4 is 20.2 Å². The highest BCUT2D eigenvalue weighted by Crippen LogP contribution is 2.38. The Bertz CT molecular complexity index is 1110. The molecule has 0 unspecified atom stereocenters. The summed E-state index contributed by atoms with van der Waals surface area (Å²) in [5.74, 6) is -2.31. The smallest absolute Gasteiger partial charge is 0.307 e. The molecule has 2 amide bonds. The average molecular weight is 455 g/mol. The Morgan fingerprint density at radius 2 is 1.84 bits per heavy atom. The second-order valence-electron chi connectivity index (χ2n) is 7.35. The number of nitrogens with zero attached hydrogens (tertiary/aromatic N) is 1. The molecule has 2 atom stereocenters. The highest BCUT2D eigenvalue weighted by atomic mass is 32.1. The van der Waals surface area contributed by atoms with Crippen LogP contribution in [0.25, 0.3) is 0 Å². The molecule has 9 nitrogen and oxygen atoms in total. The minimum Gasteiger partial charge on any atom is -0.481 e. The number of carboxylic acids is 1. The van der Waals surface area contributed by atoms with Crippen molar-refractivity contribution in [3.05, 3.63) is 52.2 Å². The quantitative estimate of drug-likeness (QED) is 0.349. The number of ether oxygens (including phenoxy) is 2. The Morgan fingerprint density at radius 1 is 1.12 bits per heavy atom. The van der Waals surface area contributed by atoms with E-state index in [2.05, 4.69) is 15.8 Å². The molecular weight excluding hydrogens is 434 g/mol. The lowest BCUT2D eigenvalue weighted by molar-refractivity contribution is -0.146. The maximum absolute atomic E-state index is 13.0. The standard InChI is InChI=1S/C22H21N3O6S/c1-12(24-25-21(27)19-7-4-8-32-19)15-9-17-18(31-11-30-17)10-16(15)23-20(26)13-5-2-3-6-14(13)22(28)29/h2-4,7-10,13-14H,5-6,11H2,1H3,(H,23,26)(H,25,27)(H,28,29)/t13-,14+/m0/s1. The van der Waals surface area contributed by atoms with Gasteiger partial charge in [0, 0.05) is 11.6 Å². The van der Waals surface area contributed by atoms with Crippen LogP contribution in [-0.4, -0.2) is 35.4 Å². The highest BCUT2D eigenvalue weighted by Gasteiger charge is 2.34. The molecule has 4 rings (SSSR count). The fourth-order valence-corrected chi connectivity index (χ4v) is 4.22. The number of thiophene rings is 1. The summed E-state index contributed by atoms with van der Waals surface area (Å²) in [6.45, 7) is 1.73. The van der Waals surface area contributed by atoms with Crippen molar-refractivity contribution >= 4 is 40.5 Å². The van der Waals surface area contributed by atoms with Gasteiger partial charge < -0.3 is 19.9 Å². The van der Waals surface area contributed by atoms with E-state index in [0.717, 1.165) is 0 Å². The van der Waals surface area contributed by atoms with Gasteiger partial charge in [0.25, 0.3) is 5.91 Å². The second-order valence-corrected chi connectivity index (χ2v) is 8.30. The van der Waals surface area contributed by atoms with Crippen LogP contribution in [-0.2, 0) is 9.59 Å². The summed E-state index contributed by atoms with van der Waals surface area (Å²) < 4.78 is 10.9. The zero-order valence-corrected chi connectivity index (χ0v) is 18.0. The first kappa shape index (κ1) is 21.6. The van der Waals surface area contributed by atoms with Gasteiger partial charge in [0.1, 0.15) is 0 Å². The van der Waals surface area contributed by atoms with Gasteiger partial charge in [-0.2, -0.15) is 5.10 Å². The molecule has 2 aliphatic rings. The predicted octanol–water partition coefficient (Wildman–Crippen LogP) is 3.24. The number of carbonyl (C=O) groups is 3. The van der Waals surface area contributed by atoms with E-state index in [1.54, 1.807) is 42.6 Å². The van der Waals surface area contributed by atoms with E-state index >= 15 is 0 Å². The number of carbonyl (C=O) groups excluding carboxylic acids is 2. The molecule has 1 aliphatic carbocycles. The van der Waals surface area contributed by atoms with Crippen LogP contribution in [0.5, 0.6) is 11.5 Å². The topological polar surface area (TPSA) is 126 Å². The molecule has 10 heteroatoms. The predicted molar refractivity (Wildman–Crippen MR) is 118 cm³/mol. The van der Waals surface area contributed by atoms with Crippen LogP contribution in [0.4, 0.5) is 5.69 Å². The lowest BCUT2D eigenvalue weighted by Gasteiger charge is -2.24. The normalized spacial score (nSPS) is 19.5. The van der Waals surface area contributed by atoms with E-state index in [1.807, 2.05) is 6.08 Å². The molecule has 1 aromatic carbocycles. The van der Waals surface area contributed by atoms with E-state index in [9.17, 15) is 19.5 Å². The summed E-state index contributed by atoms with van der Waals surface area (Å²) in [6, 6.07) is 6.74. The van der Waals surface area contributed by atoms with Crippen molar-refractivity contribution in [2.75, 3.05) is 12.1 Å². The van der Waals surface area contributed by atoms with Gasteiger partial charge >= 0.3 is 5.97 Å². The van der Waals surface area contributed by atoms with Gasteiger partial charge in [0.15, 0.2) is 11.5 Å². The highest BCUT2D eigenvalue weighted by molar-refractivity contribution is 7.12. The summed E-state index contributed by atoms with van der Waals surface area (Å²) in [7, 11) is 0. The molecule has 166 valence electrons. The molecule has 0 radical (unpaired) electrons. The van der Waals surface area contributed by atoms with Gasteiger partial charge in [-0.1, -0.05) is 18.2 Å². The third-order valence-corrected chi connectivity index (χ3v) is 6.19. The van der Waals surface area contributed by atoms with Gasteiger partial charge in [-0.15, -0.1) is 11.3 Å². The SMILES string of the molecule is CC(=NNC(=O)c1cccs1)c1cc2c(cc1NC(=O)[C@H]1CC=CC[C@H]1C(=O)O)OCO2. The van der Waals surface area contributed by atoms with Crippen molar-refractivity contribution in [2.24, 2.45) is 16.9 Å². The number of hydrogen-bond acceptors (Lipinski definition) is 7. The van der Waals surface area contributed by atoms with Crippen LogP contribution in [0.1, 0.15) is 35.0 Å². The van der Waals surface area contributed by atoms with E-state index in [0.29, 0.717) is 46.2 Å². The number of carboxylic acid groups (broad SMARTS) is 1. The van der Waals surface area contributed by atoms with Gasteiger partial charge in [-0.05, 0) is 37.3 Å². The number of anilines is 1. The molecule has 2 heterocycles. The van der Waals surface area contributed by atoms with Gasteiger partial charge in [-0.3, -0.25) is 14.4 Å². The first-order valence-corrected chi connectivity index (χ1v) is 10.8. The van der Waals surface area contributed by atoms with Gasteiger partial charge in [0.05, 0.1) is 28.1 Å². The summed E-state index contributed by atoms with van der Waals surface area (Å²) >= 11 is 1.30. The van der Waals surface area contributed by atoms with Crippen LogP contribution >= 0.6 is 11.3 Å². The van der Waals surface area contributed by atoms with Crippen molar-refractivity contribution in [2.45, 2.75) is 19.8 Å². The van der Waals surface area contributed by atoms with Crippen molar-refractivity contribution < 1.29 is 29.0 Å². The molecule has 32 heavy (non-hydrogen) atoms. The zero-order valence-electron chi connectivity index (χ0n) is 17.2. The van der Waals surface area contributed by atoms with Gasteiger partial charge in [0.2, 0.25) is 12.7 Å². The van der Waals surface area contributed by atoms with Crippen LogP contribution in [0.3, 0.4) is 0 Å². The first-order chi connectivity index (χ1) is 15.4. The molecule has 1 aromatic heterocycles. The van der Waals surface area contributed by atoms with E-state index in [4.69, 9.17) is 9.47 Å². The Hall–Kier alpha value is -3.66. The Morgan fingerprint density at radius 3 is 2.53 bits per heavy atom. The molecule has 0 fully saturated rings. The first-order valence-electron chi connectivity index (χ1n) is 9.95. The maximum atomic E-state index is 13.0. The number of hydrazone groups is 1. The zero-order chi connectivity index (χ0) is 22.7. The number of fused-ring (bicyclic) bond motifs is 1. The van der Waals surface area contributed by atoms with Crippen molar-refractivity contribution in [1.82, 2.24) is 5.43 Å². The number of nitrogens with one attached hydrogen (secondary N) is 2. The number of allylic oxidation sites excluding steroid dienone is 2. The number of aliphatic carboxylic acids is 1. The summed E-state index contributed by atoms with van der Waals surface area (Å²) in [5, 5.41) is 18.3. The molecular formula is C22H21N3O6S. The number of amides is 2. The molecule has 0 saturated carbocycles. The third kappa shape index (κ3) is 4.50. The minimum absolute atomic E-state index is 0.0476. The van der Waals surface area contributed by atoms with E-state index < -0.39 is 23.7 Å². The minimum atomic E-state index is -1.01. The second kappa shape index (κ2) is 9.23. The summed E-state index contributed by atoms with van der Waals surface area (Å²) in [4.78, 5) is 37.3. The maximum Gasteiger partial charge on any atom is 0.307 e. The van der Waals surface area contributed by atoms with Crippen molar-refractivity contribution in [1.29, 1.82) is 0 Å². The van der Waals surface area contributed by atoms with E-state index in [1.165, 1.54) is 11.3 Å². The molecule has 2 aromatic rings. The molecule has 3 N–H and O–H groups in total. The molecule has 1 aliphatic heterocycles. The number of rotatable bonds is 6. The van der Waals surface area contributed by atoms with Crippen LogP contribution in [0, 0.1) is 11.8 Å². The Labute approximate surface area is 187 Å². The van der Waals surface area contributed by atoms with Crippen LogP contribution in [0.15, 0.2) is 46.9 Å². The van der Waals surface area contributed by atoms with Crippen molar-refractivity contribution in [3.63, 3.8) is 0 Å². The van der Waals surface area contributed by atoms with Crippen molar-refractivity contribution in [3.8, 4) is 11.5 Å². The van der Waals surface area contributed by atoms with E-state index in [-0.39, 0.29) is 12.7 Å².